The molecule has 1 atom stereocenters. The van der Waals surface area contributed by atoms with Crippen molar-refractivity contribution in [2.24, 2.45) is 0 Å². The average molecular weight is 294 g/mol. The molecule has 6 nitrogen and oxygen atoms in total. The highest BCUT2D eigenvalue weighted by molar-refractivity contribution is 7.90. The van der Waals surface area contributed by atoms with Gasteiger partial charge in [-0.1, -0.05) is 6.07 Å². The minimum absolute atomic E-state index is 0.311. The quantitative estimate of drug-likeness (QED) is 0.889. The number of nitrogens with zero attached hydrogens (tertiary/aromatic N) is 3. The Balaban J connectivity index is 1.75. The van der Waals surface area contributed by atoms with E-state index in [-0.39, 0.29) is 5.25 Å². The van der Waals surface area contributed by atoms with Gasteiger partial charge in [0.1, 0.15) is 5.65 Å². The Morgan fingerprint density at radius 1 is 1.45 bits per heavy atom. The molecule has 1 unspecified atom stereocenters. The first-order valence-corrected chi connectivity index (χ1v) is 8.20. The largest absolute Gasteiger partial charge is 0.303 e. The standard InChI is InChI=1S/C13H18N4O2S/c1-14-20(18,19)12-5-7-16(10-12)9-11-3-2-4-13-15-6-8-17(11)13/h2-4,6,8,12,14H,5,7,9-10H2,1H3. The van der Waals surface area contributed by atoms with E-state index in [1.807, 2.05) is 22.7 Å². The summed E-state index contributed by atoms with van der Waals surface area (Å²) in [6.45, 7) is 2.12. The number of rotatable bonds is 4. The zero-order valence-electron chi connectivity index (χ0n) is 11.4. The van der Waals surface area contributed by atoms with Crippen molar-refractivity contribution in [3.63, 3.8) is 0 Å². The molecule has 0 amide bonds. The minimum Gasteiger partial charge on any atom is -0.303 e. The molecule has 108 valence electrons. The van der Waals surface area contributed by atoms with Gasteiger partial charge in [-0.2, -0.15) is 0 Å². The van der Waals surface area contributed by atoms with Crippen LogP contribution in [-0.2, 0) is 16.6 Å². The summed E-state index contributed by atoms with van der Waals surface area (Å²) < 4.78 is 28.1. The Kier molecular flexibility index (Phi) is 3.49. The molecular formula is C13H18N4O2S. The van der Waals surface area contributed by atoms with Crippen LogP contribution in [0, 0.1) is 0 Å². The molecule has 2 aromatic rings. The summed E-state index contributed by atoms with van der Waals surface area (Å²) in [7, 11) is -1.69. The molecule has 0 saturated carbocycles. The monoisotopic (exact) mass is 294 g/mol. The van der Waals surface area contributed by atoms with Gasteiger partial charge in [-0.25, -0.2) is 18.1 Å². The summed E-state index contributed by atoms with van der Waals surface area (Å²) in [5, 5.41) is -0.311. The van der Waals surface area contributed by atoms with E-state index in [1.54, 1.807) is 6.20 Å². The van der Waals surface area contributed by atoms with Gasteiger partial charge in [0.2, 0.25) is 10.0 Å². The number of imidazole rings is 1. The van der Waals surface area contributed by atoms with Gasteiger partial charge in [0.25, 0.3) is 0 Å². The van der Waals surface area contributed by atoms with E-state index in [0.29, 0.717) is 13.0 Å². The van der Waals surface area contributed by atoms with Gasteiger partial charge < -0.3 is 4.40 Å². The second-order valence-corrected chi connectivity index (χ2v) is 7.23. The lowest BCUT2D eigenvalue weighted by atomic mass is 10.3. The van der Waals surface area contributed by atoms with Gasteiger partial charge in [-0.15, -0.1) is 0 Å². The van der Waals surface area contributed by atoms with Crippen molar-refractivity contribution in [1.82, 2.24) is 19.0 Å². The maximum absolute atomic E-state index is 11.8. The molecule has 1 aliphatic rings. The van der Waals surface area contributed by atoms with E-state index in [9.17, 15) is 8.42 Å². The highest BCUT2D eigenvalue weighted by Gasteiger charge is 2.32. The van der Waals surface area contributed by atoms with Crippen molar-refractivity contribution in [1.29, 1.82) is 0 Å². The van der Waals surface area contributed by atoms with Crippen molar-refractivity contribution >= 4 is 15.7 Å². The maximum Gasteiger partial charge on any atom is 0.215 e. The summed E-state index contributed by atoms with van der Waals surface area (Å²) in [6.07, 6.45) is 4.39. The smallest absolute Gasteiger partial charge is 0.215 e. The van der Waals surface area contributed by atoms with Crippen LogP contribution in [0.1, 0.15) is 12.1 Å². The summed E-state index contributed by atoms with van der Waals surface area (Å²) in [5.41, 5.74) is 2.04. The third kappa shape index (κ3) is 2.44. The maximum atomic E-state index is 11.8. The molecule has 3 heterocycles. The Hall–Kier alpha value is -1.44. The van der Waals surface area contributed by atoms with Gasteiger partial charge in [0.15, 0.2) is 0 Å². The molecule has 0 radical (unpaired) electrons. The van der Waals surface area contributed by atoms with E-state index in [2.05, 4.69) is 20.7 Å². The topological polar surface area (TPSA) is 66.7 Å². The summed E-state index contributed by atoms with van der Waals surface area (Å²) >= 11 is 0. The second kappa shape index (κ2) is 5.16. The fraction of sp³-hybridized carbons (Fsp3) is 0.462. The molecular weight excluding hydrogens is 276 g/mol. The normalized spacial score (nSPS) is 20.8. The molecule has 1 N–H and O–H groups in total. The molecule has 7 heteroatoms. The fourth-order valence-corrected chi connectivity index (χ4v) is 3.88. The van der Waals surface area contributed by atoms with Crippen LogP contribution in [0.4, 0.5) is 0 Å². The first-order chi connectivity index (χ1) is 9.60. The number of nitrogens with one attached hydrogen (secondary N) is 1. The van der Waals surface area contributed by atoms with Crippen LogP contribution in [0.5, 0.6) is 0 Å². The average Bonchev–Trinajstić information content (AvgIpc) is 3.08. The molecule has 0 spiro atoms. The first-order valence-electron chi connectivity index (χ1n) is 6.66. The van der Waals surface area contributed by atoms with Crippen molar-refractivity contribution in [3.8, 4) is 0 Å². The Morgan fingerprint density at radius 3 is 3.10 bits per heavy atom. The lowest BCUT2D eigenvalue weighted by molar-refractivity contribution is 0.325. The van der Waals surface area contributed by atoms with Crippen LogP contribution >= 0.6 is 0 Å². The SMILES string of the molecule is CNS(=O)(=O)C1CCN(Cc2cccc3nccn23)C1. The van der Waals surface area contributed by atoms with Gasteiger partial charge >= 0.3 is 0 Å². The predicted molar refractivity (Wildman–Crippen MR) is 76.9 cm³/mol. The van der Waals surface area contributed by atoms with E-state index in [4.69, 9.17) is 0 Å². The Bertz CT molecular complexity index is 710. The number of fused-ring (bicyclic) bond motifs is 1. The van der Waals surface area contributed by atoms with E-state index < -0.39 is 10.0 Å². The molecule has 3 rings (SSSR count). The van der Waals surface area contributed by atoms with Crippen LogP contribution in [0.15, 0.2) is 30.6 Å². The molecule has 0 bridgehead atoms. The zero-order valence-corrected chi connectivity index (χ0v) is 12.2. The van der Waals surface area contributed by atoms with Crippen LogP contribution in [0.25, 0.3) is 5.65 Å². The lowest BCUT2D eigenvalue weighted by Gasteiger charge is -2.17. The number of aromatic nitrogens is 2. The third-order valence-electron chi connectivity index (χ3n) is 3.85. The third-order valence-corrected chi connectivity index (χ3v) is 5.68. The van der Waals surface area contributed by atoms with Gasteiger partial charge in [0.05, 0.1) is 5.25 Å². The van der Waals surface area contributed by atoms with Gasteiger partial charge in [0, 0.05) is 31.2 Å². The zero-order chi connectivity index (χ0) is 14.2. The van der Waals surface area contributed by atoms with Crippen molar-refractivity contribution in [3.05, 3.63) is 36.3 Å². The highest BCUT2D eigenvalue weighted by atomic mass is 32.2. The van der Waals surface area contributed by atoms with E-state index >= 15 is 0 Å². The highest BCUT2D eigenvalue weighted by Crippen LogP contribution is 2.18. The second-order valence-electron chi connectivity index (χ2n) is 5.07. The Labute approximate surface area is 118 Å². The summed E-state index contributed by atoms with van der Waals surface area (Å²) in [4.78, 5) is 6.43. The fourth-order valence-electron chi connectivity index (χ4n) is 2.73. The number of hydrogen-bond donors (Lipinski definition) is 1. The molecule has 1 fully saturated rings. The van der Waals surface area contributed by atoms with E-state index in [0.717, 1.165) is 24.4 Å². The molecule has 20 heavy (non-hydrogen) atoms. The van der Waals surface area contributed by atoms with E-state index in [1.165, 1.54) is 7.05 Å². The number of sulfonamides is 1. The lowest BCUT2D eigenvalue weighted by Crippen LogP contribution is -2.34. The van der Waals surface area contributed by atoms with Crippen LogP contribution in [0.2, 0.25) is 0 Å². The number of hydrogen-bond acceptors (Lipinski definition) is 4. The predicted octanol–water partition coefficient (Wildman–Crippen LogP) is 0.458. The summed E-state index contributed by atoms with van der Waals surface area (Å²) in [5.74, 6) is 0. The number of pyridine rings is 1. The Morgan fingerprint density at radius 2 is 2.30 bits per heavy atom. The molecule has 2 aromatic heterocycles. The van der Waals surface area contributed by atoms with Gasteiger partial charge in [-0.3, -0.25) is 4.90 Å². The summed E-state index contributed by atoms with van der Waals surface area (Å²) in [6, 6.07) is 5.99. The molecule has 1 saturated heterocycles. The molecule has 0 aromatic carbocycles. The van der Waals surface area contributed by atoms with Crippen molar-refractivity contribution in [2.45, 2.75) is 18.2 Å². The van der Waals surface area contributed by atoms with Crippen molar-refractivity contribution < 1.29 is 8.42 Å². The van der Waals surface area contributed by atoms with Crippen LogP contribution in [0.3, 0.4) is 0 Å². The molecule has 1 aliphatic heterocycles. The minimum atomic E-state index is -3.17. The van der Waals surface area contributed by atoms with Crippen LogP contribution in [-0.4, -0.2) is 48.1 Å². The van der Waals surface area contributed by atoms with Crippen molar-refractivity contribution in [2.75, 3.05) is 20.1 Å². The van der Waals surface area contributed by atoms with Crippen LogP contribution < -0.4 is 4.72 Å². The number of likely N-dealkylation sites (tertiary alicyclic amines) is 1. The van der Waals surface area contributed by atoms with Gasteiger partial charge in [-0.05, 0) is 32.1 Å². The first kappa shape index (κ1) is 13.5. The molecule has 0 aliphatic carbocycles.